The van der Waals surface area contributed by atoms with Gasteiger partial charge in [0.2, 0.25) is 5.91 Å². The number of nitrogens with zero attached hydrogens (tertiary/aromatic N) is 4. The van der Waals surface area contributed by atoms with Crippen molar-refractivity contribution in [3.63, 3.8) is 0 Å². The van der Waals surface area contributed by atoms with Gasteiger partial charge in [-0.25, -0.2) is 9.97 Å². The standard InChI is InChI=1S/C21H22N4O2S/c26-18-10-21(13-25(18)11-16-4-2-1-3-5-16)12-24(7-8-27-14-21)20-19-17(6-9-28-19)22-15-23-20/h1-6,9,15H,7-8,10-14H2/t21-/m0/s1. The maximum atomic E-state index is 12.8. The van der Waals surface area contributed by atoms with Gasteiger partial charge in [-0.3, -0.25) is 4.79 Å². The monoisotopic (exact) mass is 394 g/mol. The summed E-state index contributed by atoms with van der Waals surface area (Å²) in [4.78, 5) is 26.0. The molecule has 2 aliphatic rings. The summed E-state index contributed by atoms with van der Waals surface area (Å²) < 4.78 is 7.07. The van der Waals surface area contributed by atoms with Crippen LogP contribution in [0.2, 0.25) is 0 Å². The van der Waals surface area contributed by atoms with Gasteiger partial charge < -0.3 is 14.5 Å². The van der Waals surface area contributed by atoms with E-state index in [1.54, 1.807) is 17.7 Å². The molecule has 28 heavy (non-hydrogen) atoms. The highest BCUT2D eigenvalue weighted by Crippen LogP contribution is 2.37. The van der Waals surface area contributed by atoms with Gasteiger partial charge in [-0.15, -0.1) is 11.3 Å². The fourth-order valence-electron chi connectivity index (χ4n) is 4.31. The van der Waals surface area contributed by atoms with Crippen molar-refractivity contribution in [1.82, 2.24) is 14.9 Å². The molecule has 1 aromatic carbocycles. The van der Waals surface area contributed by atoms with Crippen LogP contribution in [-0.2, 0) is 16.1 Å². The van der Waals surface area contributed by atoms with Crippen molar-refractivity contribution in [2.45, 2.75) is 13.0 Å². The zero-order valence-corrected chi connectivity index (χ0v) is 16.4. The van der Waals surface area contributed by atoms with Gasteiger partial charge in [0.15, 0.2) is 0 Å². The smallest absolute Gasteiger partial charge is 0.223 e. The number of carbonyl (C=O) groups excluding carboxylic acids is 1. The molecule has 0 aliphatic carbocycles. The first-order valence-electron chi connectivity index (χ1n) is 9.55. The average Bonchev–Trinajstić information content (AvgIpc) is 3.23. The summed E-state index contributed by atoms with van der Waals surface area (Å²) in [5, 5.41) is 2.05. The molecule has 0 bridgehead atoms. The minimum Gasteiger partial charge on any atom is -0.379 e. The Bertz CT molecular complexity index is 992. The molecule has 2 aliphatic heterocycles. The van der Waals surface area contributed by atoms with Gasteiger partial charge in [0.25, 0.3) is 0 Å². The molecule has 0 N–H and O–H groups in total. The molecule has 3 aromatic rings. The summed E-state index contributed by atoms with van der Waals surface area (Å²) in [7, 11) is 0. The summed E-state index contributed by atoms with van der Waals surface area (Å²) in [6.07, 6.45) is 2.15. The van der Waals surface area contributed by atoms with E-state index < -0.39 is 0 Å². The Hall–Kier alpha value is -2.51. The van der Waals surface area contributed by atoms with Crippen LogP contribution >= 0.6 is 11.3 Å². The largest absolute Gasteiger partial charge is 0.379 e. The van der Waals surface area contributed by atoms with Crippen LogP contribution in [0.15, 0.2) is 48.1 Å². The van der Waals surface area contributed by atoms with Crippen LogP contribution in [0.1, 0.15) is 12.0 Å². The number of benzene rings is 1. The summed E-state index contributed by atoms with van der Waals surface area (Å²) in [5.41, 5.74) is 1.94. The lowest BCUT2D eigenvalue weighted by atomic mass is 9.87. The van der Waals surface area contributed by atoms with Gasteiger partial charge in [-0.1, -0.05) is 30.3 Å². The number of fused-ring (bicyclic) bond motifs is 1. The molecular formula is C21H22N4O2S. The predicted octanol–water partition coefficient (Wildman–Crippen LogP) is 2.95. The van der Waals surface area contributed by atoms with Crippen molar-refractivity contribution in [3.05, 3.63) is 53.7 Å². The molecule has 0 unspecified atom stereocenters. The number of amides is 1. The Kier molecular flexibility index (Phi) is 4.49. The van der Waals surface area contributed by atoms with E-state index in [2.05, 4.69) is 27.0 Å². The summed E-state index contributed by atoms with van der Waals surface area (Å²) in [5.74, 6) is 1.16. The minimum atomic E-state index is -0.198. The van der Waals surface area contributed by atoms with Gasteiger partial charge >= 0.3 is 0 Å². The van der Waals surface area contributed by atoms with E-state index in [0.29, 0.717) is 26.2 Å². The van der Waals surface area contributed by atoms with Crippen LogP contribution < -0.4 is 4.90 Å². The quantitative estimate of drug-likeness (QED) is 0.684. The third kappa shape index (κ3) is 3.25. The third-order valence-electron chi connectivity index (χ3n) is 5.59. The Morgan fingerprint density at radius 2 is 2.04 bits per heavy atom. The predicted molar refractivity (Wildman–Crippen MR) is 109 cm³/mol. The normalized spacial score (nSPS) is 22.9. The second kappa shape index (κ2) is 7.14. The highest BCUT2D eigenvalue weighted by atomic mass is 32.1. The Morgan fingerprint density at radius 1 is 1.14 bits per heavy atom. The van der Waals surface area contributed by atoms with Crippen molar-refractivity contribution < 1.29 is 9.53 Å². The molecule has 7 heteroatoms. The van der Waals surface area contributed by atoms with E-state index in [4.69, 9.17) is 4.74 Å². The number of likely N-dealkylation sites (tertiary alicyclic amines) is 1. The molecule has 2 fully saturated rings. The van der Waals surface area contributed by atoms with Gasteiger partial charge in [0, 0.05) is 38.0 Å². The molecule has 144 valence electrons. The summed E-state index contributed by atoms with van der Waals surface area (Å²) >= 11 is 1.66. The zero-order chi connectivity index (χ0) is 19.0. The molecule has 1 atom stereocenters. The van der Waals surface area contributed by atoms with Crippen molar-refractivity contribution in [1.29, 1.82) is 0 Å². The van der Waals surface area contributed by atoms with E-state index in [0.717, 1.165) is 41.2 Å². The number of carbonyl (C=O) groups is 1. The first-order chi connectivity index (χ1) is 13.7. The molecule has 2 saturated heterocycles. The lowest BCUT2D eigenvalue weighted by Crippen LogP contribution is -2.41. The van der Waals surface area contributed by atoms with Gasteiger partial charge in [0.1, 0.15) is 12.1 Å². The van der Waals surface area contributed by atoms with Crippen LogP contribution in [0.4, 0.5) is 5.82 Å². The van der Waals surface area contributed by atoms with Crippen molar-refractivity contribution in [2.75, 3.05) is 37.7 Å². The Labute approximate surface area is 167 Å². The highest BCUT2D eigenvalue weighted by molar-refractivity contribution is 7.17. The summed E-state index contributed by atoms with van der Waals surface area (Å²) in [6, 6.07) is 12.2. The molecule has 2 aromatic heterocycles. The van der Waals surface area contributed by atoms with Crippen molar-refractivity contribution in [2.24, 2.45) is 5.41 Å². The van der Waals surface area contributed by atoms with E-state index in [1.807, 2.05) is 34.5 Å². The minimum absolute atomic E-state index is 0.198. The van der Waals surface area contributed by atoms with E-state index >= 15 is 0 Å². The maximum absolute atomic E-state index is 12.8. The molecule has 4 heterocycles. The fraction of sp³-hybridized carbons (Fsp3) is 0.381. The lowest BCUT2D eigenvalue weighted by Gasteiger charge is -2.32. The number of thiophene rings is 1. The van der Waals surface area contributed by atoms with Crippen molar-refractivity contribution in [3.8, 4) is 0 Å². The molecule has 5 rings (SSSR count). The molecule has 0 saturated carbocycles. The van der Waals surface area contributed by atoms with Crippen LogP contribution in [0, 0.1) is 5.41 Å². The lowest BCUT2D eigenvalue weighted by molar-refractivity contribution is -0.128. The first kappa shape index (κ1) is 17.6. The fourth-order valence-corrected chi connectivity index (χ4v) is 5.17. The molecular weight excluding hydrogens is 372 g/mol. The van der Waals surface area contributed by atoms with Crippen LogP contribution in [-0.4, -0.2) is 53.6 Å². The first-order valence-corrected chi connectivity index (χ1v) is 10.4. The Balaban J connectivity index is 1.40. The van der Waals surface area contributed by atoms with E-state index in [1.165, 1.54) is 0 Å². The number of hydrogen-bond donors (Lipinski definition) is 0. The van der Waals surface area contributed by atoms with Crippen LogP contribution in [0.3, 0.4) is 0 Å². The topological polar surface area (TPSA) is 58.6 Å². The number of aromatic nitrogens is 2. The third-order valence-corrected chi connectivity index (χ3v) is 6.49. The SMILES string of the molecule is O=C1C[C@@]2(COCCN(c3ncnc4ccsc34)C2)CN1Cc1ccccc1. The number of rotatable bonds is 3. The van der Waals surface area contributed by atoms with Gasteiger partial charge in [0.05, 0.1) is 23.4 Å². The van der Waals surface area contributed by atoms with E-state index in [-0.39, 0.29) is 11.3 Å². The maximum Gasteiger partial charge on any atom is 0.223 e. The number of hydrogen-bond acceptors (Lipinski definition) is 6. The zero-order valence-electron chi connectivity index (χ0n) is 15.6. The molecule has 0 radical (unpaired) electrons. The average molecular weight is 395 g/mol. The number of anilines is 1. The molecule has 1 spiro atoms. The number of ether oxygens (including phenoxy) is 1. The molecule has 6 nitrogen and oxygen atoms in total. The van der Waals surface area contributed by atoms with E-state index in [9.17, 15) is 4.79 Å². The second-order valence-corrected chi connectivity index (χ2v) is 8.63. The van der Waals surface area contributed by atoms with Crippen LogP contribution in [0.5, 0.6) is 0 Å². The Morgan fingerprint density at radius 3 is 2.93 bits per heavy atom. The molecule has 1 amide bonds. The highest BCUT2D eigenvalue weighted by Gasteiger charge is 2.45. The second-order valence-electron chi connectivity index (χ2n) is 7.72. The van der Waals surface area contributed by atoms with Gasteiger partial charge in [-0.2, -0.15) is 0 Å². The van der Waals surface area contributed by atoms with Crippen molar-refractivity contribution >= 4 is 33.3 Å². The van der Waals surface area contributed by atoms with Gasteiger partial charge in [-0.05, 0) is 17.0 Å². The summed E-state index contributed by atoms with van der Waals surface area (Å²) in [6.45, 7) is 4.18. The van der Waals surface area contributed by atoms with Crippen LogP contribution in [0.25, 0.3) is 10.2 Å².